The first kappa shape index (κ1) is 16.7. The highest BCUT2D eigenvalue weighted by molar-refractivity contribution is 7.89. The summed E-state index contributed by atoms with van der Waals surface area (Å²) in [6.07, 6.45) is 4.15. The lowest BCUT2D eigenvalue weighted by Gasteiger charge is -2.31. The molecular formula is C14H21ClN2O3S. The van der Waals surface area contributed by atoms with Crippen molar-refractivity contribution in [1.82, 2.24) is 9.29 Å². The zero-order valence-electron chi connectivity index (χ0n) is 12.2. The molecule has 0 aliphatic carbocycles. The molecule has 0 bridgehead atoms. The van der Waals surface area contributed by atoms with Gasteiger partial charge in [0, 0.05) is 31.8 Å². The second-order valence-corrected chi connectivity index (χ2v) is 7.29. The summed E-state index contributed by atoms with van der Waals surface area (Å²) in [4.78, 5) is 4.03. The van der Waals surface area contributed by atoms with Crippen LogP contribution in [0.4, 0.5) is 0 Å². The minimum atomic E-state index is -3.55. The number of rotatable bonds is 6. The van der Waals surface area contributed by atoms with Gasteiger partial charge in [0.15, 0.2) is 5.03 Å². The highest BCUT2D eigenvalue weighted by Gasteiger charge is 2.31. The number of hydrogen-bond donors (Lipinski definition) is 0. The lowest BCUT2D eigenvalue weighted by atomic mass is 10.1. The number of pyridine rings is 1. The Labute approximate surface area is 131 Å². The summed E-state index contributed by atoms with van der Waals surface area (Å²) < 4.78 is 32.3. The third-order valence-corrected chi connectivity index (χ3v) is 5.54. The van der Waals surface area contributed by atoms with Gasteiger partial charge in [0.2, 0.25) is 0 Å². The van der Waals surface area contributed by atoms with Gasteiger partial charge in [-0.25, -0.2) is 13.4 Å². The molecule has 0 amide bonds. The molecule has 0 radical (unpaired) electrons. The Morgan fingerprint density at radius 3 is 2.90 bits per heavy atom. The highest BCUT2D eigenvalue weighted by atomic mass is 35.5. The van der Waals surface area contributed by atoms with Crippen molar-refractivity contribution >= 4 is 21.6 Å². The molecule has 1 aliphatic heterocycles. The van der Waals surface area contributed by atoms with Gasteiger partial charge >= 0.3 is 0 Å². The summed E-state index contributed by atoms with van der Waals surface area (Å²) in [7, 11) is -3.55. The number of hydrogen-bond acceptors (Lipinski definition) is 4. The van der Waals surface area contributed by atoms with Crippen LogP contribution in [0.1, 0.15) is 31.7 Å². The Bertz CT molecular complexity index is 548. The maximum absolute atomic E-state index is 12.6. The fourth-order valence-electron chi connectivity index (χ4n) is 2.32. The smallest absolute Gasteiger partial charge is 0.260 e. The number of nitrogens with zero attached hydrogens (tertiary/aromatic N) is 2. The molecule has 7 heteroatoms. The number of alkyl halides is 1. The van der Waals surface area contributed by atoms with Crippen molar-refractivity contribution in [2.45, 2.75) is 43.2 Å². The molecule has 1 aromatic heterocycles. The fraction of sp³-hybridized carbons (Fsp3) is 0.643. The third kappa shape index (κ3) is 4.16. The molecule has 1 atom stereocenters. The average Bonchev–Trinajstić information content (AvgIpc) is 2.53. The van der Waals surface area contributed by atoms with E-state index in [-0.39, 0.29) is 11.1 Å². The van der Waals surface area contributed by atoms with Gasteiger partial charge in [-0.2, -0.15) is 4.31 Å². The maximum atomic E-state index is 12.6. The molecule has 1 fully saturated rings. The molecule has 0 N–H and O–H groups in total. The number of aromatic nitrogens is 1. The van der Waals surface area contributed by atoms with Crippen molar-refractivity contribution in [3.8, 4) is 0 Å². The fourth-order valence-corrected chi connectivity index (χ4v) is 3.90. The van der Waals surface area contributed by atoms with Crippen LogP contribution < -0.4 is 0 Å². The van der Waals surface area contributed by atoms with Crippen LogP contribution in [0.5, 0.6) is 0 Å². The van der Waals surface area contributed by atoms with Gasteiger partial charge in [-0.1, -0.05) is 13.0 Å². The summed E-state index contributed by atoms with van der Waals surface area (Å²) in [5.41, 5.74) is 0.804. The van der Waals surface area contributed by atoms with Crippen LogP contribution in [0.15, 0.2) is 23.4 Å². The molecule has 1 unspecified atom stereocenters. The van der Waals surface area contributed by atoms with E-state index < -0.39 is 10.0 Å². The second-order valence-electron chi connectivity index (χ2n) is 5.14. The summed E-state index contributed by atoms with van der Waals surface area (Å²) in [5.74, 6) is 0.323. The molecular weight excluding hydrogens is 312 g/mol. The Morgan fingerprint density at radius 2 is 2.29 bits per heavy atom. The van der Waals surface area contributed by atoms with Crippen LogP contribution in [0.25, 0.3) is 0 Å². The van der Waals surface area contributed by atoms with E-state index in [4.69, 9.17) is 16.3 Å². The van der Waals surface area contributed by atoms with E-state index in [1.165, 1.54) is 16.6 Å². The van der Waals surface area contributed by atoms with Gasteiger partial charge in [0.25, 0.3) is 10.0 Å². The van der Waals surface area contributed by atoms with Gasteiger partial charge in [-0.15, -0.1) is 11.6 Å². The largest absolute Gasteiger partial charge is 0.377 e. The molecule has 0 spiro atoms. The van der Waals surface area contributed by atoms with Crippen molar-refractivity contribution < 1.29 is 13.2 Å². The highest BCUT2D eigenvalue weighted by Crippen LogP contribution is 2.21. The van der Waals surface area contributed by atoms with Gasteiger partial charge in [0.05, 0.1) is 6.10 Å². The number of halogens is 1. The lowest BCUT2D eigenvalue weighted by molar-refractivity contribution is 0.0193. The molecule has 118 valence electrons. The Morgan fingerprint density at radius 1 is 1.48 bits per heavy atom. The second kappa shape index (κ2) is 7.54. The Kier molecular flexibility index (Phi) is 5.98. The quantitative estimate of drug-likeness (QED) is 0.750. The van der Waals surface area contributed by atoms with Crippen molar-refractivity contribution in [1.29, 1.82) is 0 Å². The van der Waals surface area contributed by atoms with Gasteiger partial charge in [-0.05, 0) is 30.9 Å². The molecule has 2 rings (SSSR count). The van der Waals surface area contributed by atoms with Crippen LogP contribution in [0.3, 0.4) is 0 Å². The van der Waals surface area contributed by atoms with Crippen LogP contribution in [0.2, 0.25) is 0 Å². The maximum Gasteiger partial charge on any atom is 0.260 e. The van der Waals surface area contributed by atoms with Gasteiger partial charge < -0.3 is 4.74 Å². The summed E-state index contributed by atoms with van der Waals surface area (Å²) >= 11 is 5.69. The van der Waals surface area contributed by atoms with Crippen molar-refractivity contribution in [2.24, 2.45) is 0 Å². The minimum absolute atomic E-state index is 0.0180. The zero-order valence-corrected chi connectivity index (χ0v) is 13.7. The topological polar surface area (TPSA) is 59.5 Å². The minimum Gasteiger partial charge on any atom is -0.377 e. The first-order valence-corrected chi connectivity index (χ1v) is 9.18. The zero-order chi connectivity index (χ0) is 15.3. The predicted octanol–water partition coefficient (Wildman–Crippen LogP) is 2.40. The molecule has 1 aliphatic rings. The molecule has 1 saturated heterocycles. The number of ether oxygens (including phenoxy) is 1. The van der Waals surface area contributed by atoms with Gasteiger partial charge in [0.1, 0.15) is 0 Å². The summed E-state index contributed by atoms with van der Waals surface area (Å²) in [5, 5.41) is 0.0764. The first-order chi connectivity index (χ1) is 10.1. The molecule has 5 nitrogen and oxygen atoms in total. The SMILES string of the molecule is CCCOC1CCCN(S(=O)(=O)c2ccc(CCl)cn2)C1. The summed E-state index contributed by atoms with van der Waals surface area (Å²) in [6.45, 7) is 3.63. The van der Waals surface area contributed by atoms with Crippen molar-refractivity contribution in [2.75, 3.05) is 19.7 Å². The molecule has 0 saturated carbocycles. The van der Waals surface area contributed by atoms with Crippen LogP contribution in [-0.2, 0) is 20.6 Å². The van der Waals surface area contributed by atoms with Crippen LogP contribution in [0, 0.1) is 0 Å². The Balaban J connectivity index is 2.10. The monoisotopic (exact) mass is 332 g/mol. The molecule has 1 aromatic rings. The van der Waals surface area contributed by atoms with E-state index in [9.17, 15) is 8.42 Å². The number of piperidine rings is 1. The third-order valence-electron chi connectivity index (χ3n) is 3.45. The van der Waals surface area contributed by atoms with E-state index >= 15 is 0 Å². The van der Waals surface area contributed by atoms with E-state index in [1.54, 1.807) is 6.07 Å². The Hall–Kier alpha value is -0.690. The van der Waals surface area contributed by atoms with E-state index in [0.29, 0.717) is 25.6 Å². The molecule has 0 aromatic carbocycles. The predicted molar refractivity (Wildman–Crippen MR) is 81.8 cm³/mol. The normalized spacial score (nSPS) is 20.6. The van der Waals surface area contributed by atoms with E-state index in [1.807, 2.05) is 6.92 Å². The van der Waals surface area contributed by atoms with Crippen molar-refractivity contribution in [3.63, 3.8) is 0 Å². The molecule has 2 heterocycles. The van der Waals surface area contributed by atoms with Crippen LogP contribution in [-0.4, -0.2) is 43.5 Å². The van der Waals surface area contributed by atoms with Crippen molar-refractivity contribution in [3.05, 3.63) is 23.9 Å². The summed E-state index contributed by atoms with van der Waals surface area (Å²) in [6, 6.07) is 3.21. The standard InChI is InChI=1S/C14H21ClN2O3S/c1-2-8-20-13-4-3-7-17(11-13)21(18,19)14-6-5-12(9-15)10-16-14/h5-6,10,13H,2-4,7-9,11H2,1H3. The average molecular weight is 333 g/mol. The number of sulfonamides is 1. The lowest BCUT2D eigenvalue weighted by Crippen LogP contribution is -2.43. The first-order valence-electron chi connectivity index (χ1n) is 7.20. The molecule has 21 heavy (non-hydrogen) atoms. The van der Waals surface area contributed by atoms with E-state index in [0.717, 1.165) is 24.8 Å². The van der Waals surface area contributed by atoms with Gasteiger partial charge in [-0.3, -0.25) is 0 Å². The van der Waals surface area contributed by atoms with Crippen LogP contribution >= 0.6 is 11.6 Å². The van der Waals surface area contributed by atoms with E-state index in [2.05, 4.69) is 4.98 Å².